The summed E-state index contributed by atoms with van der Waals surface area (Å²) < 4.78 is 21.9. The van der Waals surface area contributed by atoms with Gasteiger partial charge in [0.25, 0.3) is 0 Å². The lowest BCUT2D eigenvalue weighted by atomic mass is 9.33. The summed E-state index contributed by atoms with van der Waals surface area (Å²) in [5.41, 5.74) is 0.275. The fourth-order valence-electron chi connectivity index (χ4n) is 12.2. The van der Waals surface area contributed by atoms with E-state index in [9.17, 15) is 24.0 Å². The van der Waals surface area contributed by atoms with Crippen LogP contribution in [-0.4, -0.2) is 42.9 Å². The minimum Gasteiger partial charge on any atom is -0.469 e. The van der Waals surface area contributed by atoms with Gasteiger partial charge < -0.3 is 18.9 Å². The zero-order valence-electron chi connectivity index (χ0n) is 33.3. The normalized spacial score (nSPS) is 38.6. The molecule has 0 amide bonds. The van der Waals surface area contributed by atoms with Crippen molar-refractivity contribution in [2.45, 2.75) is 126 Å². The predicted molar refractivity (Wildman–Crippen MR) is 199 cm³/mol. The maximum absolute atomic E-state index is 14.8. The second kappa shape index (κ2) is 13.2. The van der Waals surface area contributed by atoms with E-state index in [-0.39, 0.29) is 74.2 Å². The van der Waals surface area contributed by atoms with Gasteiger partial charge in [-0.1, -0.05) is 53.2 Å². The number of methoxy groups -OCH3 is 1. The summed E-state index contributed by atoms with van der Waals surface area (Å²) in [5, 5.41) is 0. The number of carbonyl (C=O) groups is 5. The molecule has 0 aliphatic heterocycles. The molecule has 9 heteroatoms. The Hall–Kier alpha value is -3.75. The molecule has 288 valence electrons. The van der Waals surface area contributed by atoms with Gasteiger partial charge in [-0.3, -0.25) is 19.2 Å². The van der Waals surface area contributed by atoms with Gasteiger partial charge in [0.15, 0.2) is 17.3 Å². The van der Waals surface area contributed by atoms with E-state index in [1.165, 1.54) is 44.7 Å². The molecule has 5 aliphatic rings. The van der Waals surface area contributed by atoms with E-state index in [0.29, 0.717) is 18.4 Å². The van der Waals surface area contributed by atoms with Crippen molar-refractivity contribution in [1.82, 2.24) is 0 Å². The molecule has 0 N–H and O–H groups in total. The van der Waals surface area contributed by atoms with Gasteiger partial charge in [-0.15, -0.1) is 0 Å². The van der Waals surface area contributed by atoms with E-state index in [4.69, 9.17) is 18.9 Å². The van der Waals surface area contributed by atoms with Crippen molar-refractivity contribution in [3.05, 3.63) is 41.5 Å². The van der Waals surface area contributed by atoms with Gasteiger partial charge in [-0.2, -0.15) is 0 Å². The SMILES string of the molecule is COC(=O)[C@@]1(C)CC[C@]2(C)CC[C@]3(C)C(=CC(=O)C4[C@@]5(C)CC[C@H](OC(=O)/C=C/c6ccc(OC(C)=O)c(OC(C)=O)c6)C(C)(C)C5CC[C@]43C)[C@@H]2C1. The average Bonchev–Trinajstić information content (AvgIpc) is 3.07. The second-order valence-electron chi connectivity index (χ2n) is 18.8. The van der Waals surface area contributed by atoms with Crippen LogP contribution in [0.2, 0.25) is 0 Å². The lowest BCUT2D eigenvalue weighted by Gasteiger charge is -2.70. The topological polar surface area (TPSA) is 122 Å². The van der Waals surface area contributed by atoms with Gasteiger partial charge in [-0.25, -0.2) is 4.79 Å². The van der Waals surface area contributed by atoms with Crippen LogP contribution < -0.4 is 9.47 Å². The number of esters is 4. The third-order valence-corrected chi connectivity index (χ3v) is 15.3. The number of benzene rings is 1. The molecule has 0 bridgehead atoms. The molecule has 0 spiro atoms. The summed E-state index contributed by atoms with van der Waals surface area (Å²) in [7, 11) is 1.48. The molecule has 1 aromatic rings. The first-order chi connectivity index (χ1) is 24.6. The van der Waals surface area contributed by atoms with Gasteiger partial charge in [-0.05, 0) is 128 Å². The van der Waals surface area contributed by atoms with Gasteiger partial charge in [0.05, 0.1) is 12.5 Å². The number of rotatable bonds is 6. The Morgan fingerprint density at radius 1 is 0.811 bits per heavy atom. The third-order valence-electron chi connectivity index (χ3n) is 15.3. The molecule has 5 aliphatic carbocycles. The number of allylic oxidation sites excluding steroid dienone is 2. The summed E-state index contributed by atoms with van der Waals surface area (Å²) in [6.07, 6.45) is 12.5. The van der Waals surface area contributed by atoms with Crippen molar-refractivity contribution in [1.29, 1.82) is 0 Å². The van der Waals surface area contributed by atoms with Gasteiger partial charge in [0, 0.05) is 31.3 Å². The van der Waals surface area contributed by atoms with E-state index in [1.807, 2.05) is 13.0 Å². The molecule has 0 heterocycles. The number of ether oxygens (including phenoxy) is 4. The molecule has 2 unspecified atom stereocenters. The van der Waals surface area contributed by atoms with Crippen LogP contribution in [0.5, 0.6) is 11.5 Å². The molecule has 4 fully saturated rings. The quantitative estimate of drug-likeness (QED) is 0.161. The molecular weight excluding hydrogens is 672 g/mol. The van der Waals surface area contributed by atoms with Crippen molar-refractivity contribution >= 4 is 35.7 Å². The number of fused-ring (bicyclic) bond motifs is 7. The molecule has 0 aromatic heterocycles. The second-order valence-corrected chi connectivity index (χ2v) is 18.8. The minimum atomic E-state index is -0.567. The Balaban J connectivity index is 1.23. The van der Waals surface area contributed by atoms with E-state index < -0.39 is 23.3 Å². The van der Waals surface area contributed by atoms with Crippen LogP contribution in [0.15, 0.2) is 35.9 Å². The Morgan fingerprint density at radius 2 is 1.47 bits per heavy atom. The number of ketones is 1. The van der Waals surface area contributed by atoms with Crippen molar-refractivity contribution in [3.63, 3.8) is 0 Å². The average molecular weight is 731 g/mol. The fraction of sp³-hybridized carbons (Fsp3) is 0.659. The minimum absolute atomic E-state index is 0.0554. The van der Waals surface area contributed by atoms with Gasteiger partial charge in [0.2, 0.25) is 0 Å². The summed E-state index contributed by atoms with van der Waals surface area (Å²) in [5.74, 6) is -1.16. The lowest BCUT2D eigenvalue weighted by molar-refractivity contribution is -0.209. The summed E-state index contributed by atoms with van der Waals surface area (Å²) >= 11 is 0. The van der Waals surface area contributed by atoms with Crippen LogP contribution in [0.1, 0.15) is 126 Å². The van der Waals surface area contributed by atoms with Crippen LogP contribution >= 0.6 is 0 Å². The Labute approximate surface area is 314 Å². The van der Waals surface area contributed by atoms with Crippen LogP contribution in [0, 0.1) is 50.2 Å². The molecule has 9 nitrogen and oxygen atoms in total. The zero-order chi connectivity index (χ0) is 38.9. The Bertz CT molecular complexity index is 1790. The molecule has 53 heavy (non-hydrogen) atoms. The number of hydrogen-bond donors (Lipinski definition) is 0. The highest BCUT2D eigenvalue weighted by Crippen LogP contribution is 2.75. The first-order valence-corrected chi connectivity index (χ1v) is 19.4. The molecule has 4 saturated carbocycles. The Morgan fingerprint density at radius 3 is 2.13 bits per heavy atom. The molecular formula is C44H58O9. The number of carbonyl (C=O) groups excluding carboxylic acids is 5. The standard InChI is InChI=1S/C44H58O9/c1-26(45)51-32-13-11-28(23-33(32)52-27(2)46)12-14-36(48)53-35-16-17-42(7)34(39(35,3)4)15-18-44(9)37(42)31(47)24-29-30-25-41(6,38(49)50-10)20-19-40(30,5)21-22-43(29,44)8/h11-14,23-24,30,34-35,37H,15-22,25H2,1-10H3/b14-12+/t30-,34?,35-,37?,40+,41-,42-,43+,44+/m0/s1. The molecule has 0 radical (unpaired) electrons. The monoisotopic (exact) mass is 730 g/mol. The highest BCUT2D eigenvalue weighted by atomic mass is 16.6. The first kappa shape index (κ1) is 39.0. The van der Waals surface area contributed by atoms with Crippen molar-refractivity contribution in [2.75, 3.05) is 7.11 Å². The molecule has 6 rings (SSSR count). The molecule has 0 saturated heterocycles. The molecule has 1 aromatic carbocycles. The largest absolute Gasteiger partial charge is 0.469 e. The number of hydrogen-bond acceptors (Lipinski definition) is 9. The fourth-order valence-corrected chi connectivity index (χ4v) is 12.2. The van der Waals surface area contributed by atoms with E-state index in [2.05, 4.69) is 41.5 Å². The van der Waals surface area contributed by atoms with Crippen LogP contribution in [-0.2, 0) is 33.4 Å². The zero-order valence-corrected chi connectivity index (χ0v) is 33.3. The van der Waals surface area contributed by atoms with E-state index in [0.717, 1.165) is 44.9 Å². The summed E-state index contributed by atoms with van der Waals surface area (Å²) in [4.78, 5) is 64.3. The highest BCUT2D eigenvalue weighted by Gasteiger charge is 2.70. The van der Waals surface area contributed by atoms with Crippen molar-refractivity contribution in [2.24, 2.45) is 50.2 Å². The summed E-state index contributed by atoms with van der Waals surface area (Å²) in [6, 6.07) is 4.70. The van der Waals surface area contributed by atoms with Crippen LogP contribution in [0.25, 0.3) is 6.08 Å². The predicted octanol–water partition coefficient (Wildman–Crippen LogP) is 8.62. The van der Waals surface area contributed by atoms with E-state index in [1.54, 1.807) is 12.1 Å². The smallest absolute Gasteiger partial charge is 0.331 e. The van der Waals surface area contributed by atoms with Crippen molar-refractivity contribution < 1.29 is 42.9 Å². The lowest BCUT2D eigenvalue weighted by Crippen LogP contribution is -2.66. The van der Waals surface area contributed by atoms with Crippen molar-refractivity contribution in [3.8, 4) is 11.5 Å². The first-order valence-electron chi connectivity index (χ1n) is 19.4. The van der Waals surface area contributed by atoms with Crippen LogP contribution in [0.3, 0.4) is 0 Å². The highest BCUT2D eigenvalue weighted by molar-refractivity contribution is 5.96. The third kappa shape index (κ3) is 6.27. The maximum atomic E-state index is 14.8. The maximum Gasteiger partial charge on any atom is 0.331 e. The van der Waals surface area contributed by atoms with Gasteiger partial charge >= 0.3 is 23.9 Å². The van der Waals surface area contributed by atoms with E-state index >= 15 is 0 Å². The summed E-state index contributed by atoms with van der Waals surface area (Å²) in [6.45, 7) is 18.4. The van der Waals surface area contributed by atoms with Gasteiger partial charge in [0.1, 0.15) is 6.10 Å². The van der Waals surface area contributed by atoms with Crippen LogP contribution in [0.4, 0.5) is 0 Å². The molecule has 9 atom stereocenters. The Kier molecular flexibility index (Phi) is 9.72.